The lowest BCUT2D eigenvalue weighted by molar-refractivity contribution is 0.148. The van der Waals surface area contributed by atoms with E-state index < -0.39 is 23.3 Å². The highest BCUT2D eigenvalue weighted by atomic mass is 19.1. The second-order valence-electron chi connectivity index (χ2n) is 7.02. The molecule has 10 nitrogen and oxygen atoms in total. The molecule has 30 heavy (non-hydrogen) atoms. The minimum Gasteiger partial charge on any atom is -0.384 e. The Morgan fingerprint density at radius 1 is 1.30 bits per heavy atom. The van der Waals surface area contributed by atoms with E-state index in [1.807, 2.05) is 7.05 Å². The first-order chi connectivity index (χ1) is 14.3. The van der Waals surface area contributed by atoms with Crippen molar-refractivity contribution < 1.29 is 13.5 Å². The van der Waals surface area contributed by atoms with Crippen molar-refractivity contribution >= 4 is 17.5 Å². The molecule has 3 aromatic heterocycles. The van der Waals surface area contributed by atoms with E-state index in [1.165, 1.54) is 7.11 Å². The van der Waals surface area contributed by atoms with Crippen molar-refractivity contribution in [2.75, 3.05) is 24.4 Å². The predicted octanol–water partition coefficient (Wildman–Crippen LogP) is 1.15. The van der Waals surface area contributed by atoms with Crippen LogP contribution in [-0.4, -0.2) is 49.7 Å². The van der Waals surface area contributed by atoms with Crippen molar-refractivity contribution in [3.8, 4) is 0 Å². The summed E-state index contributed by atoms with van der Waals surface area (Å²) in [5.74, 6) is -2.58. The smallest absolute Gasteiger partial charge is 0.196 e. The minimum absolute atomic E-state index is 0.0212. The Morgan fingerprint density at radius 3 is 2.77 bits per heavy atom. The molecule has 4 rings (SSSR count). The van der Waals surface area contributed by atoms with Crippen molar-refractivity contribution in [2.24, 2.45) is 24.8 Å². The van der Waals surface area contributed by atoms with E-state index in [-0.39, 0.29) is 12.3 Å². The molecule has 0 radical (unpaired) electrons. The van der Waals surface area contributed by atoms with Crippen LogP contribution in [0.1, 0.15) is 17.2 Å². The fraction of sp³-hybridized carbons (Fsp3) is 0.333. The molecular formula is C18H21F2N9O. The summed E-state index contributed by atoms with van der Waals surface area (Å²) in [5.41, 5.74) is 7.23. The maximum atomic E-state index is 14.6. The first-order valence-corrected chi connectivity index (χ1v) is 9.05. The Hall–Kier alpha value is -3.38. The van der Waals surface area contributed by atoms with E-state index in [2.05, 4.69) is 30.7 Å². The largest absolute Gasteiger partial charge is 0.384 e. The van der Waals surface area contributed by atoms with Crippen LogP contribution in [-0.2, 0) is 18.8 Å². The van der Waals surface area contributed by atoms with Crippen LogP contribution in [0.15, 0.2) is 36.0 Å². The molecule has 0 amide bonds. The molecule has 0 bridgehead atoms. The lowest BCUT2D eigenvalue weighted by Gasteiger charge is -2.38. The Labute approximate surface area is 170 Å². The number of pyridine rings is 1. The summed E-state index contributed by atoms with van der Waals surface area (Å²) in [4.78, 5) is 12.8. The molecular weight excluding hydrogens is 396 g/mol. The number of nitrogens with zero attached hydrogens (tertiary/aromatic N) is 6. The van der Waals surface area contributed by atoms with Crippen molar-refractivity contribution in [2.45, 2.75) is 11.7 Å². The van der Waals surface area contributed by atoms with E-state index in [9.17, 15) is 8.78 Å². The second kappa shape index (κ2) is 7.46. The number of amidine groups is 1. The van der Waals surface area contributed by atoms with Crippen LogP contribution in [0.3, 0.4) is 0 Å². The SMILES string of the molecule is COC[C@H](c1ncc(F)cc1F)C1(N)N=C(Nc2cn(C)cn2)c2cnn(C)c2N1. The number of aliphatic imine (C=N–C) groups is 1. The van der Waals surface area contributed by atoms with Crippen molar-refractivity contribution in [1.82, 2.24) is 24.3 Å². The highest BCUT2D eigenvalue weighted by molar-refractivity contribution is 6.12. The van der Waals surface area contributed by atoms with Crippen LogP contribution in [0, 0.1) is 11.6 Å². The number of imidazole rings is 1. The Kier molecular flexibility index (Phi) is 4.95. The summed E-state index contributed by atoms with van der Waals surface area (Å²) in [5, 5.41) is 10.5. The van der Waals surface area contributed by atoms with Gasteiger partial charge in [-0.15, -0.1) is 0 Å². The molecule has 1 aliphatic heterocycles. The molecule has 4 heterocycles. The molecule has 0 fully saturated rings. The third-order valence-corrected chi connectivity index (χ3v) is 4.79. The zero-order valence-corrected chi connectivity index (χ0v) is 16.6. The van der Waals surface area contributed by atoms with Gasteiger partial charge in [-0.2, -0.15) is 5.10 Å². The molecule has 3 aromatic rings. The summed E-state index contributed by atoms with van der Waals surface area (Å²) in [7, 11) is 5.02. The molecule has 158 valence electrons. The molecule has 2 atom stereocenters. The van der Waals surface area contributed by atoms with Gasteiger partial charge in [0.2, 0.25) is 0 Å². The number of nitrogens with one attached hydrogen (secondary N) is 2. The van der Waals surface area contributed by atoms with Gasteiger partial charge >= 0.3 is 0 Å². The number of halogens is 2. The standard InChI is InChI=1S/C18H21F2N9O/c1-28-7-14(23-9-28)25-16-11-6-24-29(2)17(11)27-18(21,26-16)12(8-30-3)15-13(20)4-10(19)5-22-15/h4-7,9,12,27H,8,21H2,1-3H3,(H,25,26)/t12-,18?/m1/s1. The lowest BCUT2D eigenvalue weighted by atomic mass is 9.95. The normalized spacial score (nSPS) is 19.1. The van der Waals surface area contributed by atoms with Gasteiger partial charge in [-0.1, -0.05) is 0 Å². The van der Waals surface area contributed by atoms with E-state index in [4.69, 9.17) is 10.5 Å². The van der Waals surface area contributed by atoms with Gasteiger partial charge in [-0.3, -0.25) is 15.4 Å². The number of aromatic nitrogens is 5. The average Bonchev–Trinajstić information content (AvgIpc) is 3.26. The van der Waals surface area contributed by atoms with Gasteiger partial charge in [-0.25, -0.2) is 18.8 Å². The zero-order chi connectivity index (χ0) is 21.5. The van der Waals surface area contributed by atoms with Crippen LogP contribution in [0.25, 0.3) is 0 Å². The molecule has 12 heteroatoms. The van der Waals surface area contributed by atoms with Gasteiger partial charge < -0.3 is 19.9 Å². The number of ether oxygens (including phenoxy) is 1. The number of fused-ring (bicyclic) bond motifs is 1. The molecule has 1 aliphatic rings. The molecule has 0 spiro atoms. The quantitative estimate of drug-likeness (QED) is 0.570. The number of aryl methyl sites for hydroxylation is 2. The summed E-state index contributed by atoms with van der Waals surface area (Å²) in [6.45, 7) is -0.0212. The van der Waals surface area contributed by atoms with E-state index in [0.717, 1.165) is 12.3 Å². The average molecular weight is 417 g/mol. The van der Waals surface area contributed by atoms with Crippen molar-refractivity contribution in [1.29, 1.82) is 0 Å². The van der Waals surface area contributed by atoms with Gasteiger partial charge in [0.05, 0.1) is 42.5 Å². The first kappa shape index (κ1) is 19.9. The highest BCUT2D eigenvalue weighted by Crippen LogP contribution is 2.35. The summed E-state index contributed by atoms with van der Waals surface area (Å²) in [6, 6.07) is 0.753. The Balaban J connectivity index is 1.81. The molecule has 0 saturated heterocycles. The van der Waals surface area contributed by atoms with Crippen LogP contribution >= 0.6 is 0 Å². The summed E-state index contributed by atoms with van der Waals surface area (Å²) < 4.78 is 36.6. The molecule has 4 N–H and O–H groups in total. The Bertz CT molecular complexity index is 1110. The third kappa shape index (κ3) is 3.50. The van der Waals surface area contributed by atoms with Gasteiger partial charge in [-0.05, 0) is 0 Å². The number of hydrogen-bond acceptors (Lipinski definition) is 8. The summed E-state index contributed by atoms with van der Waals surface area (Å²) in [6.07, 6.45) is 5.96. The first-order valence-electron chi connectivity index (χ1n) is 9.05. The second-order valence-corrected chi connectivity index (χ2v) is 7.02. The van der Waals surface area contributed by atoms with E-state index in [0.29, 0.717) is 23.0 Å². The Morgan fingerprint density at radius 2 is 2.10 bits per heavy atom. The maximum Gasteiger partial charge on any atom is 0.196 e. The molecule has 0 saturated carbocycles. The molecule has 0 aliphatic carbocycles. The fourth-order valence-electron chi connectivity index (χ4n) is 3.34. The van der Waals surface area contributed by atoms with Crippen LogP contribution in [0.4, 0.5) is 20.4 Å². The van der Waals surface area contributed by atoms with Gasteiger partial charge in [0.15, 0.2) is 5.79 Å². The number of nitrogens with two attached hydrogens (primary N) is 1. The van der Waals surface area contributed by atoms with Gasteiger partial charge in [0.25, 0.3) is 0 Å². The van der Waals surface area contributed by atoms with Crippen molar-refractivity contribution in [3.63, 3.8) is 0 Å². The zero-order valence-electron chi connectivity index (χ0n) is 16.6. The number of anilines is 2. The van der Waals surface area contributed by atoms with Crippen LogP contribution in [0.2, 0.25) is 0 Å². The monoisotopic (exact) mass is 417 g/mol. The maximum absolute atomic E-state index is 14.6. The van der Waals surface area contributed by atoms with Gasteiger partial charge in [0.1, 0.15) is 29.1 Å². The van der Waals surface area contributed by atoms with Crippen LogP contribution < -0.4 is 16.4 Å². The number of rotatable bonds is 5. The minimum atomic E-state index is -1.57. The topological polar surface area (TPSA) is 120 Å². The lowest BCUT2D eigenvalue weighted by Crippen LogP contribution is -2.56. The number of hydrogen-bond donors (Lipinski definition) is 3. The molecule has 0 aromatic carbocycles. The fourth-order valence-corrected chi connectivity index (χ4v) is 3.34. The highest BCUT2D eigenvalue weighted by Gasteiger charge is 2.43. The number of methoxy groups -OCH3 is 1. The van der Waals surface area contributed by atoms with E-state index >= 15 is 0 Å². The van der Waals surface area contributed by atoms with E-state index in [1.54, 1.807) is 35.0 Å². The summed E-state index contributed by atoms with van der Waals surface area (Å²) >= 11 is 0. The predicted molar refractivity (Wildman–Crippen MR) is 106 cm³/mol. The van der Waals surface area contributed by atoms with Gasteiger partial charge in [0, 0.05) is 33.5 Å². The molecule has 1 unspecified atom stereocenters. The van der Waals surface area contributed by atoms with Crippen molar-refractivity contribution in [3.05, 3.63) is 53.9 Å². The third-order valence-electron chi connectivity index (χ3n) is 4.79. The van der Waals surface area contributed by atoms with Crippen LogP contribution in [0.5, 0.6) is 0 Å².